The van der Waals surface area contributed by atoms with Crippen LogP contribution in [0, 0.1) is 17.8 Å². The summed E-state index contributed by atoms with van der Waals surface area (Å²) in [5.74, 6) is -1.11. The molecule has 2 rings (SSSR count). The SMILES string of the molecule is CC(C)C(C)OC(=O)Oc1ccc(C[C@H](N)C(=O)OC[C@H](C)OC(=O)C2CCCCC2)cc1OC(=O)OC(C)C(C)C. The third-order valence-electron chi connectivity index (χ3n) is 7.31. The Morgan fingerprint density at radius 2 is 1.33 bits per heavy atom. The first kappa shape index (κ1) is 34.9. The molecular formula is C31H47NO10. The Bertz CT molecular complexity index is 1050. The van der Waals surface area contributed by atoms with Crippen molar-refractivity contribution in [1.82, 2.24) is 0 Å². The molecule has 42 heavy (non-hydrogen) atoms. The highest BCUT2D eigenvalue weighted by Gasteiger charge is 2.26. The third kappa shape index (κ3) is 11.9. The molecule has 2 N–H and O–H groups in total. The van der Waals surface area contributed by atoms with Crippen LogP contribution in [0.1, 0.15) is 86.1 Å². The molecule has 2 unspecified atom stereocenters. The number of nitrogens with two attached hydrogens (primary N) is 1. The standard InChI is InChI=1S/C31H47NO10/c1-18(2)21(6)39-30(35)41-26-14-13-23(16-27(26)42-31(36)40-22(7)19(3)4)15-25(32)29(34)37-17-20(5)38-28(33)24-11-9-8-10-12-24/h13-14,16,18-22,24-25H,8-12,15,17,32H2,1-7H3/t20-,21?,22?,25-/m0/s1. The van der Waals surface area contributed by atoms with Crippen LogP contribution in [-0.4, -0.2) is 55.2 Å². The van der Waals surface area contributed by atoms with Crippen LogP contribution in [0.4, 0.5) is 9.59 Å². The minimum atomic E-state index is -1.06. The summed E-state index contributed by atoms with van der Waals surface area (Å²) < 4.78 is 32.0. The van der Waals surface area contributed by atoms with Gasteiger partial charge in [-0.3, -0.25) is 9.59 Å². The summed E-state index contributed by atoms with van der Waals surface area (Å²) in [7, 11) is 0. The highest BCUT2D eigenvalue weighted by molar-refractivity contribution is 5.76. The van der Waals surface area contributed by atoms with Gasteiger partial charge in [0.1, 0.15) is 31.0 Å². The molecule has 0 radical (unpaired) electrons. The molecule has 11 nitrogen and oxygen atoms in total. The van der Waals surface area contributed by atoms with Crippen molar-refractivity contribution in [2.45, 2.75) is 111 Å². The van der Waals surface area contributed by atoms with Crippen molar-refractivity contribution in [2.24, 2.45) is 23.5 Å². The van der Waals surface area contributed by atoms with Gasteiger partial charge < -0.3 is 34.2 Å². The second-order valence-corrected chi connectivity index (χ2v) is 11.6. The van der Waals surface area contributed by atoms with Gasteiger partial charge in [0, 0.05) is 0 Å². The highest BCUT2D eigenvalue weighted by atomic mass is 16.8. The first-order valence-corrected chi connectivity index (χ1v) is 14.8. The van der Waals surface area contributed by atoms with Gasteiger partial charge in [-0.2, -0.15) is 0 Å². The van der Waals surface area contributed by atoms with Gasteiger partial charge in [0.05, 0.1) is 5.92 Å². The Kier molecular flexibility index (Phi) is 14.1. The number of benzene rings is 1. The number of hydrogen-bond acceptors (Lipinski definition) is 11. The van der Waals surface area contributed by atoms with E-state index < -0.39 is 42.6 Å². The van der Waals surface area contributed by atoms with Gasteiger partial charge in [-0.15, -0.1) is 0 Å². The number of esters is 2. The molecule has 0 bridgehead atoms. The molecule has 11 heteroatoms. The predicted octanol–water partition coefficient (Wildman–Crippen LogP) is 5.73. The van der Waals surface area contributed by atoms with E-state index in [1.807, 2.05) is 27.7 Å². The molecule has 1 aliphatic rings. The van der Waals surface area contributed by atoms with Crippen molar-refractivity contribution in [3.63, 3.8) is 0 Å². The summed E-state index contributed by atoms with van der Waals surface area (Å²) in [5.41, 5.74) is 6.59. The molecule has 0 amide bonds. The molecule has 1 aromatic carbocycles. The average Bonchev–Trinajstić information content (AvgIpc) is 2.93. The molecule has 0 saturated heterocycles. The maximum absolute atomic E-state index is 12.6. The van der Waals surface area contributed by atoms with Crippen molar-refractivity contribution in [3.05, 3.63) is 23.8 Å². The van der Waals surface area contributed by atoms with Crippen molar-refractivity contribution in [2.75, 3.05) is 6.61 Å². The summed E-state index contributed by atoms with van der Waals surface area (Å²) in [4.78, 5) is 49.7. The lowest BCUT2D eigenvalue weighted by Crippen LogP contribution is -2.36. The van der Waals surface area contributed by atoms with Gasteiger partial charge in [0.2, 0.25) is 0 Å². The van der Waals surface area contributed by atoms with E-state index in [-0.39, 0.29) is 48.2 Å². The van der Waals surface area contributed by atoms with Crippen LogP contribution < -0.4 is 15.2 Å². The molecule has 1 fully saturated rings. The van der Waals surface area contributed by atoms with Gasteiger partial charge in [0.25, 0.3) is 0 Å². The maximum atomic E-state index is 12.6. The predicted molar refractivity (Wildman–Crippen MR) is 154 cm³/mol. The van der Waals surface area contributed by atoms with Crippen LogP contribution in [0.5, 0.6) is 11.5 Å². The van der Waals surface area contributed by atoms with E-state index in [0.29, 0.717) is 5.56 Å². The average molecular weight is 594 g/mol. The minimum Gasteiger partial charge on any atom is -0.461 e. The summed E-state index contributed by atoms with van der Waals surface area (Å²) >= 11 is 0. The molecule has 236 valence electrons. The summed E-state index contributed by atoms with van der Waals surface area (Å²) in [6, 6.07) is 3.36. The van der Waals surface area contributed by atoms with E-state index in [9.17, 15) is 19.2 Å². The fraction of sp³-hybridized carbons (Fsp3) is 0.677. The molecule has 1 aliphatic carbocycles. The molecule has 0 aliphatic heterocycles. The van der Waals surface area contributed by atoms with Gasteiger partial charge in [-0.25, -0.2) is 9.59 Å². The lowest BCUT2D eigenvalue weighted by atomic mass is 9.89. The van der Waals surface area contributed by atoms with E-state index >= 15 is 0 Å². The van der Waals surface area contributed by atoms with Crippen molar-refractivity contribution >= 4 is 24.2 Å². The Balaban J connectivity index is 2.03. The lowest BCUT2D eigenvalue weighted by Gasteiger charge is -2.22. The summed E-state index contributed by atoms with van der Waals surface area (Å²) in [6.45, 7) is 12.6. The minimum absolute atomic E-state index is 0.0258. The molecular weight excluding hydrogens is 546 g/mol. The van der Waals surface area contributed by atoms with Gasteiger partial charge >= 0.3 is 24.2 Å². The Labute approximate surface area is 248 Å². The highest BCUT2D eigenvalue weighted by Crippen LogP contribution is 2.30. The summed E-state index contributed by atoms with van der Waals surface area (Å²) in [5, 5.41) is 0. The fourth-order valence-corrected chi connectivity index (χ4v) is 3.96. The zero-order chi connectivity index (χ0) is 31.4. The largest absolute Gasteiger partial charge is 0.514 e. The van der Waals surface area contributed by atoms with Gasteiger partial charge in [0.15, 0.2) is 11.5 Å². The normalized spacial score (nSPS) is 16.6. The van der Waals surface area contributed by atoms with Gasteiger partial charge in [-0.05, 0) is 69.6 Å². The van der Waals surface area contributed by atoms with Crippen LogP contribution in [0.15, 0.2) is 18.2 Å². The van der Waals surface area contributed by atoms with E-state index in [0.717, 1.165) is 32.1 Å². The molecule has 0 spiro atoms. The smallest absolute Gasteiger partial charge is 0.461 e. The number of ether oxygens (including phenoxy) is 6. The lowest BCUT2D eigenvalue weighted by molar-refractivity contribution is -0.162. The van der Waals surface area contributed by atoms with Crippen LogP contribution in [0.25, 0.3) is 0 Å². The van der Waals surface area contributed by atoms with E-state index in [1.165, 1.54) is 12.1 Å². The van der Waals surface area contributed by atoms with Gasteiger partial charge in [-0.1, -0.05) is 53.0 Å². The molecule has 0 aromatic heterocycles. The Morgan fingerprint density at radius 3 is 1.88 bits per heavy atom. The number of carbonyl (C=O) groups is 4. The molecule has 4 atom stereocenters. The second kappa shape index (κ2) is 16.9. The van der Waals surface area contributed by atoms with E-state index in [1.54, 1.807) is 26.8 Å². The number of hydrogen-bond donors (Lipinski definition) is 1. The topological polar surface area (TPSA) is 150 Å². The van der Waals surface area contributed by atoms with Crippen LogP contribution in [0.2, 0.25) is 0 Å². The Hall–Kier alpha value is -3.34. The van der Waals surface area contributed by atoms with Crippen molar-refractivity contribution in [3.8, 4) is 11.5 Å². The zero-order valence-electron chi connectivity index (χ0n) is 25.9. The summed E-state index contributed by atoms with van der Waals surface area (Å²) in [6.07, 6.45) is 1.44. The van der Waals surface area contributed by atoms with Crippen molar-refractivity contribution in [1.29, 1.82) is 0 Å². The van der Waals surface area contributed by atoms with Crippen LogP contribution in [-0.2, 0) is 35.0 Å². The number of rotatable bonds is 13. The monoisotopic (exact) mass is 593 g/mol. The molecule has 0 heterocycles. The second-order valence-electron chi connectivity index (χ2n) is 11.6. The van der Waals surface area contributed by atoms with Crippen molar-refractivity contribution < 1.29 is 47.6 Å². The Morgan fingerprint density at radius 1 is 0.786 bits per heavy atom. The molecule has 1 saturated carbocycles. The van der Waals surface area contributed by atoms with Crippen LogP contribution >= 0.6 is 0 Å². The quantitative estimate of drug-likeness (QED) is 0.170. The van der Waals surface area contributed by atoms with Crippen LogP contribution in [0.3, 0.4) is 0 Å². The fourth-order valence-electron chi connectivity index (χ4n) is 3.96. The van der Waals surface area contributed by atoms with E-state index in [2.05, 4.69) is 0 Å². The number of carbonyl (C=O) groups excluding carboxylic acids is 4. The maximum Gasteiger partial charge on any atom is 0.514 e. The first-order chi connectivity index (χ1) is 19.8. The zero-order valence-corrected chi connectivity index (χ0v) is 25.9. The molecule has 1 aromatic rings. The van der Waals surface area contributed by atoms with E-state index in [4.69, 9.17) is 34.2 Å². The third-order valence-corrected chi connectivity index (χ3v) is 7.31. The first-order valence-electron chi connectivity index (χ1n) is 14.8.